The topological polar surface area (TPSA) is 132 Å². The van der Waals surface area contributed by atoms with Crippen LogP contribution in [0, 0.1) is 12.3 Å². The van der Waals surface area contributed by atoms with Gasteiger partial charge in [-0.05, 0) is 30.9 Å². The lowest BCUT2D eigenvalue weighted by atomic mass is 9.75. The minimum absolute atomic E-state index is 0.0773. The van der Waals surface area contributed by atoms with Crippen LogP contribution in [-0.2, 0) is 6.42 Å². The van der Waals surface area contributed by atoms with Crippen molar-refractivity contribution in [3.8, 4) is 0 Å². The standard InChI is InChI=1S/C18H22N6O2/c1-10-14-12(23-24-17(19)20)7-18(2,3)8-13(14)26-15(10)16(25)22-11-5-4-6-21-9-11/h4-6,9H,7-8H2,1-3H3,(H,22,25)(H4,19,20,24)/b23-12-. The summed E-state index contributed by atoms with van der Waals surface area (Å²) >= 11 is 0. The largest absolute Gasteiger partial charge is 0.455 e. The molecule has 0 aliphatic heterocycles. The van der Waals surface area contributed by atoms with E-state index < -0.39 is 0 Å². The number of nitrogens with two attached hydrogens (primary N) is 2. The Morgan fingerprint density at radius 3 is 2.77 bits per heavy atom. The van der Waals surface area contributed by atoms with Crippen molar-refractivity contribution < 1.29 is 9.21 Å². The Morgan fingerprint density at radius 2 is 2.12 bits per heavy atom. The van der Waals surface area contributed by atoms with Gasteiger partial charge in [-0.1, -0.05) is 13.8 Å². The molecular formula is C18H22N6O2. The average Bonchev–Trinajstić information content (AvgIpc) is 2.89. The van der Waals surface area contributed by atoms with E-state index in [1.807, 2.05) is 6.92 Å². The molecule has 0 spiro atoms. The summed E-state index contributed by atoms with van der Waals surface area (Å²) in [5.41, 5.74) is 13.6. The van der Waals surface area contributed by atoms with E-state index in [-0.39, 0.29) is 23.0 Å². The maximum atomic E-state index is 12.6. The fourth-order valence-corrected chi connectivity index (χ4v) is 3.16. The van der Waals surface area contributed by atoms with Gasteiger partial charge in [0.2, 0.25) is 5.96 Å². The van der Waals surface area contributed by atoms with E-state index in [0.29, 0.717) is 24.2 Å². The summed E-state index contributed by atoms with van der Waals surface area (Å²) in [4.78, 5) is 16.6. The molecule has 0 fully saturated rings. The van der Waals surface area contributed by atoms with Crippen molar-refractivity contribution in [1.82, 2.24) is 4.98 Å². The van der Waals surface area contributed by atoms with Gasteiger partial charge in [0.15, 0.2) is 5.76 Å². The van der Waals surface area contributed by atoms with Crippen LogP contribution < -0.4 is 16.8 Å². The Bertz CT molecular complexity index is 892. The number of hydrogen-bond donors (Lipinski definition) is 3. The molecule has 3 rings (SSSR count). The molecule has 8 nitrogen and oxygen atoms in total. The molecule has 0 bridgehead atoms. The number of furan rings is 1. The number of anilines is 1. The van der Waals surface area contributed by atoms with Crippen LogP contribution in [0.5, 0.6) is 0 Å². The van der Waals surface area contributed by atoms with Crippen molar-refractivity contribution in [2.75, 3.05) is 5.32 Å². The van der Waals surface area contributed by atoms with Gasteiger partial charge >= 0.3 is 0 Å². The molecule has 0 atom stereocenters. The first-order valence-corrected chi connectivity index (χ1v) is 8.26. The third-order valence-electron chi connectivity index (χ3n) is 4.21. The van der Waals surface area contributed by atoms with Gasteiger partial charge in [0.1, 0.15) is 5.76 Å². The van der Waals surface area contributed by atoms with E-state index in [4.69, 9.17) is 15.9 Å². The summed E-state index contributed by atoms with van der Waals surface area (Å²) in [5, 5.41) is 10.8. The summed E-state index contributed by atoms with van der Waals surface area (Å²) < 4.78 is 5.92. The Hall–Kier alpha value is -3.16. The van der Waals surface area contributed by atoms with Crippen LogP contribution >= 0.6 is 0 Å². The highest BCUT2D eigenvalue weighted by molar-refractivity contribution is 6.09. The Morgan fingerprint density at radius 1 is 1.35 bits per heavy atom. The van der Waals surface area contributed by atoms with Crippen LogP contribution in [0.3, 0.4) is 0 Å². The van der Waals surface area contributed by atoms with Crippen molar-refractivity contribution >= 4 is 23.3 Å². The number of pyridine rings is 1. The maximum Gasteiger partial charge on any atom is 0.291 e. The fraction of sp³-hybridized carbons (Fsp3) is 0.333. The second-order valence-electron chi connectivity index (χ2n) is 7.14. The molecule has 0 radical (unpaired) electrons. The fourth-order valence-electron chi connectivity index (χ4n) is 3.16. The Kier molecular flexibility index (Phi) is 4.50. The Labute approximate surface area is 151 Å². The highest BCUT2D eigenvalue weighted by Gasteiger charge is 2.36. The summed E-state index contributed by atoms with van der Waals surface area (Å²) in [6.07, 6.45) is 4.59. The minimum Gasteiger partial charge on any atom is -0.455 e. The molecule has 2 aromatic heterocycles. The van der Waals surface area contributed by atoms with E-state index in [1.54, 1.807) is 24.5 Å². The first-order chi connectivity index (χ1) is 12.3. The zero-order valence-corrected chi connectivity index (χ0v) is 15.0. The lowest BCUT2D eigenvalue weighted by Gasteiger charge is -2.29. The summed E-state index contributed by atoms with van der Waals surface area (Å²) in [6.45, 7) is 6.05. The number of carbonyl (C=O) groups is 1. The summed E-state index contributed by atoms with van der Waals surface area (Å²) in [6, 6.07) is 3.51. The average molecular weight is 354 g/mol. The van der Waals surface area contributed by atoms with Gasteiger partial charge in [-0.3, -0.25) is 9.78 Å². The first kappa shape index (κ1) is 17.7. The van der Waals surface area contributed by atoms with Gasteiger partial charge in [0, 0.05) is 23.7 Å². The molecule has 5 N–H and O–H groups in total. The smallest absolute Gasteiger partial charge is 0.291 e. The second-order valence-corrected chi connectivity index (χ2v) is 7.14. The normalized spacial score (nSPS) is 16.8. The van der Waals surface area contributed by atoms with Crippen LogP contribution in [0.25, 0.3) is 0 Å². The van der Waals surface area contributed by atoms with Gasteiger partial charge in [-0.15, -0.1) is 5.10 Å². The number of hydrogen-bond acceptors (Lipinski definition) is 5. The molecule has 1 aliphatic rings. The third-order valence-corrected chi connectivity index (χ3v) is 4.21. The quantitative estimate of drug-likeness (QED) is 0.441. The molecule has 0 aromatic carbocycles. The van der Waals surface area contributed by atoms with E-state index in [9.17, 15) is 4.79 Å². The highest BCUT2D eigenvalue weighted by atomic mass is 16.4. The van der Waals surface area contributed by atoms with E-state index in [1.165, 1.54) is 0 Å². The van der Waals surface area contributed by atoms with Crippen LogP contribution in [0.1, 0.15) is 47.7 Å². The number of nitrogens with zero attached hydrogens (tertiary/aromatic N) is 3. The number of amides is 1. The van der Waals surface area contributed by atoms with Crippen molar-refractivity contribution in [2.45, 2.75) is 33.6 Å². The number of nitrogens with one attached hydrogen (secondary N) is 1. The number of guanidine groups is 1. The van der Waals surface area contributed by atoms with Crippen LogP contribution in [0.2, 0.25) is 0 Å². The molecule has 136 valence electrons. The SMILES string of the molecule is Cc1c(C(=O)Nc2cccnc2)oc2c1/C(=N\N=C(N)N)CC(C)(C)C2. The first-order valence-electron chi connectivity index (χ1n) is 8.26. The van der Waals surface area contributed by atoms with Gasteiger partial charge in [0.25, 0.3) is 5.91 Å². The molecule has 0 unspecified atom stereocenters. The van der Waals surface area contributed by atoms with E-state index >= 15 is 0 Å². The predicted molar refractivity (Wildman–Crippen MR) is 100 cm³/mol. The lowest BCUT2D eigenvalue weighted by Crippen LogP contribution is -2.27. The molecule has 26 heavy (non-hydrogen) atoms. The van der Waals surface area contributed by atoms with Crippen molar-refractivity contribution in [2.24, 2.45) is 27.1 Å². The van der Waals surface area contributed by atoms with Crippen LogP contribution in [0.4, 0.5) is 5.69 Å². The van der Waals surface area contributed by atoms with Gasteiger partial charge < -0.3 is 21.2 Å². The second kappa shape index (κ2) is 6.62. The van der Waals surface area contributed by atoms with Crippen molar-refractivity contribution in [3.63, 3.8) is 0 Å². The van der Waals surface area contributed by atoms with Crippen molar-refractivity contribution in [3.05, 3.63) is 47.2 Å². The molecule has 0 saturated heterocycles. The van der Waals surface area contributed by atoms with Crippen LogP contribution in [0.15, 0.2) is 39.1 Å². The highest BCUT2D eigenvalue weighted by Crippen LogP contribution is 2.39. The summed E-state index contributed by atoms with van der Waals surface area (Å²) in [5.74, 6) is 0.538. The number of fused-ring (bicyclic) bond motifs is 1. The maximum absolute atomic E-state index is 12.6. The van der Waals surface area contributed by atoms with Gasteiger partial charge in [-0.2, -0.15) is 5.10 Å². The molecule has 1 aliphatic carbocycles. The van der Waals surface area contributed by atoms with Gasteiger partial charge in [-0.25, -0.2) is 0 Å². The number of aromatic nitrogens is 1. The molecule has 0 saturated carbocycles. The predicted octanol–water partition coefficient (Wildman–Crippen LogP) is 2.19. The molecule has 2 heterocycles. The molecule has 8 heteroatoms. The molecule has 1 amide bonds. The molecular weight excluding hydrogens is 332 g/mol. The van der Waals surface area contributed by atoms with E-state index in [2.05, 4.69) is 34.4 Å². The van der Waals surface area contributed by atoms with Gasteiger partial charge in [0.05, 0.1) is 17.6 Å². The van der Waals surface area contributed by atoms with Crippen LogP contribution in [-0.4, -0.2) is 22.6 Å². The zero-order chi connectivity index (χ0) is 18.9. The minimum atomic E-state index is -0.330. The monoisotopic (exact) mass is 354 g/mol. The lowest BCUT2D eigenvalue weighted by molar-refractivity contribution is 0.0993. The molecule has 2 aromatic rings. The number of carbonyl (C=O) groups excluding carboxylic acids is 1. The Balaban J connectivity index is 2.00. The number of rotatable bonds is 3. The zero-order valence-electron chi connectivity index (χ0n) is 15.0. The van der Waals surface area contributed by atoms with Crippen molar-refractivity contribution in [1.29, 1.82) is 0 Å². The third kappa shape index (κ3) is 3.58. The summed E-state index contributed by atoms with van der Waals surface area (Å²) in [7, 11) is 0. The van der Waals surface area contributed by atoms with E-state index in [0.717, 1.165) is 16.9 Å².